The molecule has 1 heterocycles. The van der Waals surface area contributed by atoms with Gasteiger partial charge in [0.25, 0.3) is 5.91 Å². The summed E-state index contributed by atoms with van der Waals surface area (Å²) >= 11 is 11.6. The molecular formula is C22H16ClN3O2S. The number of nitrogens with one attached hydrogen (secondary N) is 2. The Labute approximate surface area is 177 Å². The number of carbonyl (C=O) groups is 1. The highest BCUT2D eigenvalue weighted by atomic mass is 35.5. The number of fused-ring (bicyclic) bond motifs is 1. The quantitative estimate of drug-likeness (QED) is 0.422. The van der Waals surface area contributed by atoms with E-state index in [-0.39, 0.29) is 11.0 Å². The van der Waals surface area contributed by atoms with Gasteiger partial charge in [0.2, 0.25) is 5.89 Å². The van der Waals surface area contributed by atoms with Crippen LogP contribution < -0.4 is 10.6 Å². The Morgan fingerprint density at radius 3 is 2.59 bits per heavy atom. The van der Waals surface area contributed by atoms with E-state index < -0.39 is 0 Å². The molecule has 1 aromatic heterocycles. The number of rotatable bonds is 3. The Bertz CT molecular complexity index is 1190. The highest BCUT2D eigenvalue weighted by molar-refractivity contribution is 7.80. The Hall–Kier alpha value is -3.22. The minimum atomic E-state index is -0.282. The SMILES string of the molecule is Cc1ccc(C(=O)NC(=S)Nc2ccc(Cl)c(-c3nc4ccccc4o3)c2)cc1. The van der Waals surface area contributed by atoms with E-state index in [9.17, 15) is 4.79 Å². The van der Waals surface area contributed by atoms with Crippen molar-refractivity contribution in [3.63, 3.8) is 0 Å². The monoisotopic (exact) mass is 421 g/mol. The molecule has 29 heavy (non-hydrogen) atoms. The molecule has 0 spiro atoms. The zero-order valence-corrected chi connectivity index (χ0v) is 17.0. The summed E-state index contributed by atoms with van der Waals surface area (Å²) in [4.78, 5) is 16.8. The third-order valence-corrected chi connectivity index (χ3v) is 4.82. The van der Waals surface area contributed by atoms with Crippen LogP contribution in [0.25, 0.3) is 22.6 Å². The van der Waals surface area contributed by atoms with Crippen LogP contribution in [0.15, 0.2) is 71.1 Å². The summed E-state index contributed by atoms with van der Waals surface area (Å²) in [6, 6.07) is 20.0. The third-order valence-electron chi connectivity index (χ3n) is 4.29. The van der Waals surface area contributed by atoms with Crippen molar-refractivity contribution in [2.24, 2.45) is 0 Å². The number of carbonyl (C=O) groups excluding carboxylic acids is 1. The molecule has 0 saturated carbocycles. The van der Waals surface area contributed by atoms with Crippen LogP contribution in [0.2, 0.25) is 5.02 Å². The van der Waals surface area contributed by atoms with Gasteiger partial charge >= 0.3 is 0 Å². The van der Waals surface area contributed by atoms with Gasteiger partial charge in [0, 0.05) is 11.3 Å². The molecule has 3 aromatic carbocycles. The van der Waals surface area contributed by atoms with E-state index in [0.29, 0.717) is 33.3 Å². The van der Waals surface area contributed by atoms with Crippen LogP contribution in [0.1, 0.15) is 15.9 Å². The number of oxazole rings is 1. The second kappa shape index (κ2) is 8.03. The Balaban J connectivity index is 1.52. The van der Waals surface area contributed by atoms with Gasteiger partial charge in [-0.15, -0.1) is 0 Å². The molecule has 2 N–H and O–H groups in total. The maximum Gasteiger partial charge on any atom is 0.257 e. The summed E-state index contributed by atoms with van der Waals surface area (Å²) in [5.41, 5.74) is 4.31. The second-order valence-corrected chi connectivity index (χ2v) is 7.27. The van der Waals surface area contributed by atoms with Crippen molar-refractivity contribution < 1.29 is 9.21 Å². The fourth-order valence-electron chi connectivity index (χ4n) is 2.80. The molecule has 0 bridgehead atoms. The van der Waals surface area contributed by atoms with Gasteiger partial charge in [-0.25, -0.2) is 4.98 Å². The predicted octanol–water partition coefficient (Wildman–Crippen LogP) is 5.58. The average Bonchev–Trinajstić information content (AvgIpc) is 3.14. The molecule has 4 rings (SSSR count). The lowest BCUT2D eigenvalue weighted by Crippen LogP contribution is -2.34. The van der Waals surface area contributed by atoms with Crippen LogP contribution in [0.5, 0.6) is 0 Å². The zero-order chi connectivity index (χ0) is 20.4. The summed E-state index contributed by atoms with van der Waals surface area (Å²) < 4.78 is 5.80. The molecule has 0 aliphatic carbocycles. The van der Waals surface area contributed by atoms with Crippen molar-refractivity contribution >= 4 is 51.6 Å². The lowest BCUT2D eigenvalue weighted by molar-refractivity contribution is 0.0977. The molecular weight excluding hydrogens is 406 g/mol. The summed E-state index contributed by atoms with van der Waals surface area (Å²) in [5, 5.41) is 6.34. The first-order valence-electron chi connectivity index (χ1n) is 8.84. The zero-order valence-electron chi connectivity index (χ0n) is 15.4. The third kappa shape index (κ3) is 4.29. The van der Waals surface area contributed by atoms with Gasteiger partial charge in [0.15, 0.2) is 10.7 Å². The number of para-hydroxylation sites is 2. The van der Waals surface area contributed by atoms with E-state index in [4.69, 9.17) is 28.2 Å². The van der Waals surface area contributed by atoms with E-state index in [1.807, 2.05) is 43.3 Å². The van der Waals surface area contributed by atoms with Crippen molar-refractivity contribution in [3.8, 4) is 11.5 Å². The molecule has 7 heteroatoms. The van der Waals surface area contributed by atoms with Crippen LogP contribution in [-0.2, 0) is 0 Å². The van der Waals surface area contributed by atoms with Gasteiger partial charge in [0.1, 0.15) is 5.52 Å². The molecule has 0 saturated heterocycles. The largest absolute Gasteiger partial charge is 0.436 e. The standard InChI is InChI=1S/C22H16ClN3O2S/c1-13-6-8-14(9-7-13)20(27)26-22(29)24-15-10-11-17(23)16(12-15)21-25-18-4-2-3-5-19(18)28-21/h2-12H,1H3,(H2,24,26,27,29). The van der Waals surface area contributed by atoms with Crippen LogP contribution in [0, 0.1) is 6.92 Å². The smallest absolute Gasteiger partial charge is 0.257 e. The normalized spacial score (nSPS) is 10.7. The molecule has 0 aliphatic rings. The number of aromatic nitrogens is 1. The predicted molar refractivity (Wildman–Crippen MR) is 119 cm³/mol. The molecule has 144 valence electrons. The van der Waals surface area contributed by atoms with Crippen LogP contribution in [0.3, 0.4) is 0 Å². The van der Waals surface area contributed by atoms with Gasteiger partial charge in [-0.2, -0.15) is 0 Å². The maximum absolute atomic E-state index is 12.3. The molecule has 0 radical (unpaired) electrons. The number of anilines is 1. The molecule has 1 amide bonds. The molecule has 0 unspecified atom stereocenters. The first-order valence-corrected chi connectivity index (χ1v) is 9.63. The van der Waals surface area contributed by atoms with Gasteiger partial charge < -0.3 is 9.73 Å². The molecule has 4 aromatic rings. The fourth-order valence-corrected chi connectivity index (χ4v) is 3.21. The minimum Gasteiger partial charge on any atom is -0.436 e. The number of hydrogen-bond acceptors (Lipinski definition) is 4. The molecule has 0 fully saturated rings. The minimum absolute atomic E-state index is 0.182. The van der Waals surface area contributed by atoms with Gasteiger partial charge in [-0.3, -0.25) is 10.1 Å². The molecule has 0 aliphatic heterocycles. The van der Waals surface area contributed by atoms with E-state index in [1.54, 1.807) is 30.3 Å². The Morgan fingerprint density at radius 1 is 1.07 bits per heavy atom. The lowest BCUT2D eigenvalue weighted by Gasteiger charge is -2.11. The average molecular weight is 422 g/mol. The maximum atomic E-state index is 12.3. The van der Waals surface area contributed by atoms with E-state index in [0.717, 1.165) is 11.1 Å². The van der Waals surface area contributed by atoms with Gasteiger partial charge in [-0.1, -0.05) is 41.4 Å². The summed E-state index contributed by atoms with van der Waals surface area (Å²) in [7, 11) is 0. The van der Waals surface area contributed by atoms with Crippen molar-refractivity contribution in [2.45, 2.75) is 6.92 Å². The second-order valence-electron chi connectivity index (χ2n) is 6.46. The van der Waals surface area contributed by atoms with Crippen molar-refractivity contribution in [1.82, 2.24) is 10.3 Å². The van der Waals surface area contributed by atoms with Crippen molar-refractivity contribution in [2.75, 3.05) is 5.32 Å². The first-order chi connectivity index (χ1) is 14.0. The lowest BCUT2D eigenvalue weighted by atomic mass is 10.1. The number of amides is 1. The van der Waals surface area contributed by atoms with Crippen molar-refractivity contribution in [1.29, 1.82) is 0 Å². The summed E-state index contributed by atoms with van der Waals surface area (Å²) in [6.45, 7) is 1.96. The van der Waals surface area contributed by atoms with Crippen LogP contribution >= 0.6 is 23.8 Å². The number of benzene rings is 3. The number of hydrogen-bond donors (Lipinski definition) is 2. The highest BCUT2D eigenvalue weighted by Gasteiger charge is 2.13. The topological polar surface area (TPSA) is 67.2 Å². The van der Waals surface area contributed by atoms with Gasteiger partial charge in [-0.05, 0) is 61.6 Å². The number of halogens is 1. The number of thiocarbonyl (C=S) groups is 1. The summed E-state index contributed by atoms with van der Waals surface area (Å²) in [5.74, 6) is 0.130. The van der Waals surface area contributed by atoms with Crippen molar-refractivity contribution in [3.05, 3.63) is 82.9 Å². The first kappa shape index (κ1) is 19.1. The Kier molecular flexibility index (Phi) is 5.29. The van der Waals surface area contributed by atoms with Crippen LogP contribution in [-0.4, -0.2) is 16.0 Å². The number of nitrogens with zero attached hydrogens (tertiary/aromatic N) is 1. The van der Waals surface area contributed by atoms with E-state index in [2.05, 4.69) is 15.6 Å². The van der Waals surface area contributed by atoms with Gasteiger partial charge in [0.05, 0.1) is 10.6 Å². The molecule has 5 nitrogen and oxygen atoms in total. The van der Waals surface area contributed by atoms with E-state index in [1.165, 1.54) is 0 Å². The fraction of sp³-hybridized carbons (Fsp3) is 0.0455. The summed E-state index contributed by atoms with van der Waals surface area (Å²) in [6.07, 6.45) is 0. The Morgan fingerprint density at radius 2 is 1.83 bits per heavy atom. The highest BCUT2D eigenvalue weighted by Crippen LogP contribution is 2.32. The number of aryl methyl sites for hydroxylation is 1. The molecule has 0 atom stereocenters. The van der Waals surface area contributed by atoms with E-state index >= 15 is 0 Å². The van der Waals surface area contributed by atoms with Crippen LogP contribution in [0.4, 0.5) is 5.69 Å².